The highest BCUT2D eigenvalue weighted by atomic mass is 16.3. The fraction of sp³-hybridized carbons (Fsp3) is 0.209. The predicted octanol–water partition coefficient (Wildman–Crippen LogP) is 11.1. The van der Waals surface area contributed by atoms with Gasteiger partial charge in [-0.2, -0.15) is 0 Å². The van der Waals surface area contributed by atoms with Gasteiger partial charge in [0.2, 0.25) is 0 Å². The third-order valence-electron chi connectivity index (χ3n) is 10.4. The van der Waals surface area contributed by atoms with Gasteiger partial charge in [-0.3, -0.25) is 0 Å². The monoisotopic (exact) mass is 588 g/mol. The van der Waals surface area contributed by atoms with Gasteiger partial charge in [-0.25, -0.2) is 0 Å². The number of phenols is 2. The van der Waals surface area contributed by atoms with Crippen molar-refractivity contribution in [2.75, 3.05) is 0 Å². The minimum atomic E-state index is -0.309. The van der Waals surface area contributed by atoms with Crippen LogP contribution in [-0.4, -0.2) is 10.2 Å². The van der Waals surface area contributed by atoms with E-state index >= 15 is 0 Å². The molecule has 0 spiro atoms. The molecule has 0 amide bonds. The van der Waals surface area contributed by atoms with Crippen molar-refractivity contribution >= 4 is 32.3 Å². The van der Waals surface area contributed by atoms with Crippen LogP contribution in [0.15, 0.2) is 115 Å². The summed E-state index contributed by atoms with van der Waals surface area (Å²) in [5.41, 5.74) is 7.29. The van der Waals surface area contributed by atoms with Gasteiger partial charge in [0.15, 0.2) is 0 Å². The van der Waals surface area contributed by atoms with E-state index in [1.165, 1.54) is 54.6 Å². The zero-order valence-corrected chi connectivity index (χ0v) is 26.9. The Labute approximate surface area is 265 Å². The summed E-state index contributed by atoms with van der Waals surface area (Å²) < 4.78 is 0. The topological polar surface area (TPSA) is 40.5 Å². The van der Waals surface area contributed by atoms with E-state index in [9.17, 15) is 10.2 Å². The van der Waals surface area contributed by atoms with Crippen LogP contribution >= 0.6 is 0 Å². The summed E-state index contributed by atoms with van der Waals surface area (Å²) in [5.74, 6) is 0.637. The lowest BCUT2D eigenvalue weighted by atomic mass is 9.72. The first-order valence-electron chi connectivity index (χ1n) is 15.9. The van der Waals surface area contributed by atoms with E-state index in [2.05, 4.69) is 126 Å². The Morgan fingerprint density at radius 1 is 0.511 bits per heavy atom. The normalized spacial score (nSPS) is 13.2. The molecule has 2 nitrogen and oxygen atoms in total. The molecule has 0 aliphatic rings. The van der Waals surface area contributed by atoms with Crippen molar-refractivity contribution in [2.24, 2.45) is 0 Å². The highest BCUT2D eigenvalue weighted by Crippen LogP contribution is 2.44. The van der Waals surface area contributed by atoms with E-state index in [4.69, 9.17) is 0 Å². The number of aromatic hydroxyl groups is 2. The minimum Gasteiger partial charge on any atom is -0.508 e. The maximum atomic E-state index is 11.5. The quantitative estimate of drug-likeness (QED) is 0.190. The zero-order chi connectivity index (χ0) is 31.7. The summed E-state index contributed by atoms with van der Waals surface area (Å²) in [7, 11) is 0. The van der Waals surface area contributed by atoms with E-state index < -0.39 is 0 Å². The highest BCUT2D eigenvalue weighted by Gasteiger charge is 2.30. The van der Waals surface area contributed by atoms with Crippen molar-refractivity contribution < 1.29 is 10.2 Å². The summed E-state index contributed by atoms with van der Waals surface area (Å²) in [6, 6.07) is 40.7. The molecule has 0 aliphatic heterocycles. The number of hydrogen-bond donors (Lipinski definition) is 2. The first-order valence-corrected chi connectivity index (χ1v) is 15.9. The molecule has 0 radical (unpaired) electrons. The molecule has 2 N–H and O–H groups in total. The summed E-state index contributed by atoms with van der Waals surface area (Å²) in [4.78, 5) is 0. The summed E-state index contributed by atoms with van der Waals surface area (Å²) >= 11 is 0. The third-order valence-corrected chi connectivity index (χ3v) is 10.4. The molecule has 0 fully saturated rings. The Morgan fingerprint density at radius 2 is 1.07 bits per heavy atom. The van der Waals surface area contributed by atoms with Gasteiger partial charge in [0.05, 0.1) is 0 Å². The third kappa shape index (κ3) is 4.63. The molecule has 7 aromatic carbocycles. The van der Waals surface area contributed by atoms with Gasteiger partial charge < -0.3 is 10.2 Å². The van der Waals surface area contributed by atoms with Crippen LogP contribution in [0.5, 0.6) is 11.5 Å². The van der Waals surface area contributed by atoms with Crippen molar-refractivity contribution in [2.45, 2.75) is 58.3 Å². The van der Waals surface area contributed by atoms with Gasteiger partial charge >= 0.3 is 0 Å². The summed E-state index contributed by atoms with van der Waals surface area (Å²) in [5, 5.41) is 29.0. The fourth-order valence-electron chi connectivity index (χ4n) is 7.31. The van der Waals surface area contributed by atoms with Gasteiger partial charge in [-0.1, -0.05) is 138 Å². The number of hydrogen-bond acceptors (Lipinski definition) is 2. The van der Waals surface area contributed by atoms with Gasteiger partial charge in [0.25, 0.3) is 0 Å². The molecule has 0 bridgehead atoms. The SMILES string of the molecule is Cc1cc(C(C)(C)c2cccc(C(C)(C)c3ccc(O)cc3)c2)cc(C(C)c2ccc3ccc4cccc5ccc2c3c45)c1O. The van der Waals surface area contributed by atoms with E-state index in [-0.39, 0.29) is 22.5 Å². The van der Waals surface area contributed by atoms with Gasteiger partial charge in [0, 0.05) is 22.3 Å². The van der Waals surface area contributed by atoms with Crippen LogP contribution < -0.4 is 0 Å². The molecule has 224 valence electrons. The van der Waals surface area contributed by atoms with Crippen molar-refractivity contribution in [3.63, 3.8) is 0 Å². The second-order valence-electron chi connectivity index (χ2n) is 13.8. The summed E-state index contributed by atoms with van der Waals surface area (Å²) in [6.45, 7) is 13.2. The van der Waals surface area contributed by atoms with E-state index in [1.807, 2.05) is 19.1 Å². The van der Waals surface area contributed by atoms with Crippen molar-refractivity contribution in [1.82, 2.24) is 0 Å². The summed E-state index contributed by atoms with van der Waals surface area (Å²) in [6.07, 6.45) is 0. The molecule has 7 rings (SSSR count). The van der Waals surface area contributed by atoms with E-state index in [0.717, 1.165) is 16.7 Å². The van der Waals surface area contributed by atoms with Crippen LogP contribution in [0.3, 0.4) is 0 Å². The van der Waals surface area contributed by atoms with E-state index in [0.29, 0.717) is 5.75 Å². The lowest BCUT2D eigenvalue weighted by Gasteiger charge is -2.32. The van der Waals surface area contributed by atoms with Crippen LogP contribution in [0.4, 0.5) is 0 Å². The molecule has 1 unspecified atom stereocenters. The lowest BCUT2D eigenvalue weighted by Crippen LogP contribution is -2.23. The zero-order valence-electron chi connectivity index (χ0n) is 26.9. The number of rotatable bonds is 6. The van der Waals surface area contributed by atoms with Gasteiger partial charge in [0.1, 0.15) is 11.5 Å². The predicted molar refractivity (Wildman–Crippen MR) is 189 cm³/mol. The van der Waals surface area contributed by atoms with Crippen LogP contribution in [0.2, 0.25) is 0 Å². The molecule has 0 heterocycles. The Balaban J connectivity index is 1.32. The first-order chi connectivity index (χ1) is 21.5. The Kier molecular flexibility index (Phi) is 6.67. The molecule has 0 saturated carbocycles. The molecule has 0 saturated heterocycles. The Morgan fingerprint density at radius 3 is 1.73 bits per heavy atom. The van der Waals surface area contributed by atoms with Crippen LogP contribution in [-0.2, 0) is 10.8 Å². The Bertz CT molecular complexity index is 2190. The van der Waals surface area contributed by atoms with Crippen LogP contribution in [0.1, 0.15) is 79.5 Å². The average molecular weight is 589 g/mol. The molecule has 7 aromatic rings. The molecule has 2 heteroatoms. The average Bonchev–Trinajstić information content (AvgIpc) is 3.04. The smallest absolute Gasteiger partial charge is 0.122 e. The molecule has 45 heavy (non-hydrogen) atoms. The first kappa shape index (κ1) is 28.9. The van der Waals surface area contributed by atoms with Crippen molar-refractivity contribution in [1.29, 1.82) is 0 Å². The molecular weight excluding hydrogens is 548 g/mol. The molecule has 1 atom stereocenters. The number of aryl methyl sites for hydroxylation is 1. The molecule has 0 aromatic heterocycles. The van der Waals surface area contributed by atoms with Crippen molar-refractivity contribution in [3.8, 4) is 11.5 Å². The van der Waals surface area contributed by atoms with Crippen LogP contribution in [0.25, 0.3) is 32.3 Å². The van der Waals surface area contributed by atoms with E-state index in [1.54, 1.807) is 12.1 Å². The second kappa shape index (κ2) is 10.4. The molecular formula is C43H40O2. The maximum absolute atomic E-state index is 11.5. The lowest BCUT2D eigenvalue weighted by molar-refractivity contribution is 0.460. The molecule has 0 aliphatic carbocycles. The van der Waals surface area contributed by atoms with Crippen molar-refractivity contribution in [3.05, 3.63) is 154 Å². The number of phenolic OH excluding ortho intramolecular Hbond substituents is 2. The van der Waals surface area contributed by atoms with Crippen LogP contribution in [0, 0.1) is 6.92 Å². The second-order valence-corrected chi connectivity index (χ2v) is 13.8. The number of benzene rings is 7. The minimum absolute atomic E-state index is 0.0104. The fourth-order valence-corrected chi connectivity index (χ4v) is 7.31. The van der Waals surface area contributed by atoms with Gasteiger partial charge in [-0.15, -0.1) is 0 Å². The van der Waals surface area contributed by atoms with Gasteiger partial charge in [-0.05, 0) is 84.8 Å². The standard InChI is InChI=1S/C43H40O2/c1-26-23-34(43(5,6)33-12-8-11-32(24-33)42(3,4)31-17-19-35(44)20-18-31)25-38(41(26)45)27(2)36-21-15-30-14-13-28-9-7-10-29-16-22-37(36)40(30)39(28)29/h7-25,27,44-45H,1-6H3. The Hall–Kier alpha value is -4.82. The maximum Gasteiger partial charge on any atom is 0.122 e. The highest BCUT2D eigenvalue weighted by molar-refractivity contribution is 6.23. The largest absolute Gasteiger partial charge is 0.508 e.